The monoisotopic (exact) mass is 224 g/mol. The van der Waals surface area contributed by atoms with E-state index in [0.29, 0.717) is 5.76 Å². The predicted molar refractivity (Wildman–Crippen MR) is 53.9 cm³/mol. The van der Waals surface area contributed by atoms with Gasteiger partial charge in [-0.3, -0.25) is 0 Å². The highest BCUT2D eigenvalue weighted by atomic mass is 19.1. The molecule has 0 bridgehead atoms. The summed E-state index contributed by atoms with van der Waals surface area (Å²) in [5.74, 6) is -0.606. The molecule has 0 aliphatic rings. The van der Waals surface area contributed by atoms with Crippen LogP contribution >= 0.6 is 0 Å². The van der Waals surface area contributed by atoms with E-state index in [1.165, 1.54) is 6.07 Å². The first kappa shape index (κ1) is 10.8. The van der Waals surface area contributed by atoms with Crippen molar-refractivity contribution in [2.24, 2.45) is 0 Å². The molecule has 1 heterocycles. The second-order valence-electron chi connectivity index (χ2n) is 3.52. The Balaban J connectivity index is 2.37. The van der Waals surface area contributed by atoms with Crippen LogP contribution in [-0.2, 0) is 0 Å². The lowest BCUT2D eigenvalue weighted by Gasteiger charge is -2.09. The molecular formula is C12H10F2O2. The molecule has 0 saturated carbocycles. The number of benzene rings is 1. The summed E-state index contributed by atoms with van der Waals surface area (Å²) in [5.41, 5.74) is -0.00394. The summed E-state index contributed by atoms with van der Waals surface area (Å²) in [5, 5.41) is 9.82. The highest BCUT2D eigenvalue weighted by Crippen LogP contribution is 2.26. The number of rotatable bonds is 2. The van der Waals surface area contributed by atoms with Crippen molar-refractivity contribution in [2.45, 2.75) is 13.0 Å². The van der Waals surface area contributed by atoms with Crippen molar-refractivity contribution in [2.75, 3.05) is 0 Å². The minimum Gasteiger partial charge on any atom is -0.463 e. The molecule has 4 heteroatoms. The van der Waals surface area contributed by atoms with Gasteiger partial charge in [0.15, 0.2) is 0 Å². The van der Waals surface area contributed by atoms with Gasteiger partial charge in [0.1, 0.15) is 29.3 Å². The lowest BCUT2D eigenvalue weighted by molar-refractivity contribution is 0.183. The van der Waals surface area contributed by atoms with Crippen LogP contribution in [0.3, 0.4) is 0 Å². The number of aliphatic hydroxyl groups is 1. The number of aliphatic hydroxyl groups excluding tert-OH is 1. The molecule has 0 radical (unpaired) electrons. The van der Waals surface area contributed by atoms with Gasteiger partial charge in [0, 0.05) is 11.6 Å². The van der Waals surface area contributed by atoms with Crippen LogP contribution in [0.25, 0.3) is 0 Å². The zero-order valence-electron chi connectivity index (χ0n) is 8.58. The molecule has 2 nitrogen and oxygen atoms in total. The maximum absolute atomic E-state index is 13.4. The van der Waals surface area contributed by atoms with Gasteiger partial charge < -0.3 is 9.52 Å². The van der Waals surface area contributed by atoms with E-state index in [1.54, 1.807) is 19.1 Å². The Hall–Kier alpha value is -1.68. The van der Waals surface area contributed by atoms with Crippen molar-refractivity contribution < 1.29 is 18.3 Å². The van der Waals surface area contributed by atoms with E-state index in [-0.39, 0.29) is 11.3 Å². The van der Waals surface area contributed by atoms with Gasteiger partial charge >= 0.3 is 0 Å². The first-order chi connectivity index (χ1) is 7.58. The van der Waals surface area contributed by atoms with Crippen molar-refractivity contribution in [3.8, 4) is 0 Å². The van der Waals surface area contributed by atoms with E-state index in [0.717, 1.165) is 12.1 Å². The van der Waals surface area contributed by atoms with Gasteiger partial charge in [-0.15, -0.1) is 0 Å². The SMILES string of the molecule is Cc1ccc(C(O)c2ccc(F)cc2F)o1. The molecule has 1 aromatic heterocycles. The fraction of sp³-hybridized carbons (Fsp3) is 0.167. The minimum atomic E-state index is -1.21. The average molecular weight is 224 g/mol. The van der Waals surface area contributed by atoms with E-state index in [2.05, 4.69) is 0 Å². The topological polar surface area (TPSA) is 33.4 Å². The number of aryl methyl sites for hydroxylation is 1. The van der Waals surface area contributed by atoms with Crippen molar-refractivity contribution >= 4 is 0 Å². The molecule has 0 spiro atoms. The fourth-order valence-corrected chi connectivity index (χ4v) is 1.48. The zero-order chi connectivity index (χ0) is 11.7. The molecule has 1 aromatic carbocycles. The molecule has 84 valence electrons. The molecule has 0 saturated heterocycles. The molecular weight excluding hydrogens is 214 g/mol. The van der Waals surface area contributed by atoms with E-state index in [4.69, 9.17) is 4.42 Å². The van der Waals surface area contributed by atoms with E-state index in [1.807, 2.05) is 0 Å². The Morgan fingerprint density at radius 3 is 2.50 bits per heavy atom. The lowest BCUT2D eigenvalue weighted by atomic mass is 10.1. The Bertz CT molecular complexity index is 505. The van der Waals surface area contributed by atoms with Crippen LogP contribution in [-0.4, -0.2) is 5.11 Å². The molecule has 2 rings (SSSR count). The molecule has 16 heavy (non-hydrogen) atoms. The van der Waals surface area contributed by atoms with Gasteiger partial charge in [-0.1, -0.05) is 6.07 Å². The lowest BCUT2D eigenvalue weighted by Crippen LogP contribution is -2.01. The molecule has 1 atom stereocenters. The van der Waals surface area contributed by atoms with Crippen LogP contribution < -0.4 is 0 Å². The Labute approximate surface area is 91.1 Å². The quantitative estimate of drug-likeness (QED) is 0.850. The highest BCUT2D eigenvalue weighted by molar-refractivity contribution is 5.27. The van der Waals surface area contributed by atoms with Crippen molar-refractivity contribution in [3.63, 3.8) is 0 Å². The zero-order valence-corrected chi connectivity index (χ0v) is 8.58. The Morgan fingerprint density at radius 2 is 1.94 bits per heavy atom. The van der Waals surface area contributed by atoms with Gasteiger partial charge in [0.2, 0.25) is 0 Å². The van der Waals surface area contributed by atoms with Crippen molar-refractivity contribution in [1.29, 1.82) is 0 Å². The molecule has 2 aromatic rings. The fourth-order valence-electron chi connectivity index (χ4n) is 1.48. The summed E-state index contributed by atoms with van der Waals surface area (Å²) in [6.07, 6.45) is -1.21. The summed E-state index contributed by atoms with van der Waals surface area (Å²) in [6.45, 7) is 1.72. The van der Waals surface area contributed by atoms with Crippen LogP contribution in [0.2, 0.25) is 0 Å². The number of hydrogen-bond donors (Lipinski definition) is 1. The first-order valence-corrected chi connectivity index (χ1v) is 4.77. The Morgan fingerprint density at radius 1 is 1.19 bits per heavy atom. The number of hydrogen-bond acceptors (Lipinski definition) is 2. The van der Waals surface area contributed by atoms with Gasteiger partial charge in [-0.25, -0.2) is 8.78 Å². The maximum atomic E-state index is 13.4. The summed E-state index contributed by atoms with van der Waals surface area (Å²) in [4.78, 5) is 0. The first-order valence-electron chi connectivity index (χ1n) is 4.77. The molecule has 0 aliphatic heterocycles. The highest BCUT2D eigenvalue weighted by Gasteiger charge is 2.18. The van der Waals surface area contributed by atoms with Gasteiger partial charge in [-0.2, -0.15) is 0 Å². The van der Waals surface area contributed by atoms with E-state index >= 15 is 0 Å². The van der Waals surface area contributed by atoms with Crippen LogP contribution in [0.4, 0.5) is 8.78 Å². The third-order valence-corrected chi connectivity index (χ3v) is 2.29. The molecule has 0 amide bonds. The van der Waals surface area contributed by atoms with Gasteiger partial charge in [-0.05, 0) is 25.1 Å². The molecule has 0 aliphatic carbocycles. The standard InChI is InChI=1S/C12H10F2O2/c1-7-2-5-11(16-7)12(15)9-4-3-8(13)6-10(9)14/h2-6,12,15H,1H3. The summed E-state index contributed by atoms with van der Waals surface area (Å²) >= 11 is 0. The molecule has 1 N–H and O–H groups in total. The van der Waals surface area contributed by atoms with E-state index in [9.17, 15) is 13.9 Å². The summed E-state index contributed by atoms with van der Waals surface area (Å²) < 4.78 is 31.2. The van der Waals surface area contributed by atoms with Gasteiger partial charge in [0.25, 0.3) is 0 Å². The Kier molecular flexibility index (Phi) is 2.75. The largest absolute Gasteiger partial charge is 0.463 e. The average Bonchev–Trinajstić information content (AvgIpc) is 2.64. The smallest absolute Gasteiger partial charge is 0.139 e. The van der Waals surface area contributed by atoms with Crippen LogP contribution in [0.1, 0.15) is 23.2 Å². The summed E-state index contributed by atoms with van der Waals surface area (Å²) in [7, 11) is 0. The van der Waals surface area contributed by atoms with E-state index < -0.39 is 17.7 Å². The van der Waals surface area contributed by atoms with Crippen LogP contribution in [0, 0.1) is 18.6 Å². The van der Waals surface area contributed by atoms with Crippen molar-refractivity contribution in [3.05, 3.63) is 59.1 Å². The second kappa shape index (κ2) is 4.06. The third-order valence-electron chi connectivity index (χ3n) is 2.29. The van der Waals surface area contributed by atoms with Gasteiger partial charge in [0.05, 0.1) is 0 Å². The maximum Gasteiger partial charge on any atom is 0.139 e. The predicted octanol–water partition coefficient (Wildman–Crippen LogP) is 2.95. The van der Waals surface area contributed by atoms with Crippen LogP contribution in [0.5, 0.6) is 0 Å². The van der Waals surface area contributed by atoms with Crippen LogP contribution in [0.15, 0.2) is 34.7 Å². The summed E-state index contributed by atoms with van der Waals surface area (Å²) in [6, 6.07) is 6.25. The van der Waals surface area contributed by atoms with Crippen molar-refractivity contribution in [1.82, 2.24) is 0 Å². The minimum absolute atomic E-state index is 0.00394. The number of halogens is 2. The molecule has 1 unspecified atom stereocenters. The number of furan rings is 1. The normalized spacial score (nSPS) is 12.8. The second-order valence-corrected chi connectivity index (χ2v) is 3.52. The molecule has 0 fully saturated rings. The third kappa shape index (κ3) is 1.97.